The molecule has 8 aromatic rings. The van der Waals surface area contributed by atoms with E-state index in [0.717, 1.165) is 86.5 Å². The molecule has 0 saturated carbocycles. The highest BCUT2D eigenvalue weighted by molar-refractivity contribution is 6.08. The molecule has 9 rings (SSSR count). The molecule has 1 aliphatic carbocycles. The summed E-state index contributed by atoms with van der Waals surface area (Å²) in [6.45, 7) is 4.00. The van der Waals surface area contributed by atoms with Crippen LogP contribution < -0.4 is 5.73 Å². The summed E-state index contributed by atoms with van der Waals surface area (Å²) < 4.78 is 0. The van der Waals surface area contributed by atoms with E-state index in [4.69, 9.17) is 16.1 Å². The summed E-state index contributed by atoms with van der Waals surface area (Å²) in [5.41, 5.74) is 20.1. The molecule has 1 aliphatic rings. The van der Waals surface area contributed by atoms with Crippen molar-refractivity contribution in [3.63, 3.8) is 0 Å². The number of nitrogens with one attached hydrogen (secondary N) is 2. The molecule has 4 N–H and O–H groups in total. The number of rotatable bonds is 9. The van der Waals surface area contributed by atoms with E-state index in [1.165, 1.54) is 39.1 Å². The Balaban J connectivity index is 0.00000217. The molecule has 0 unspecified atom stereocenters. The molecule has 0 atom stereocenters. The highest BCUT2D eigenvalue weighted by Gasteiger charge is 2.20. The number of aromatic nitrogens is 2. The van der Waals surface area contributed by atoms with Crippen LogP contribution in [0.3, 0.4) is 0 Å². The van der Waals surface area contributed by atoms with Crippen molar-refractivity contribution in [3.8, 4) is 22.5 Å². The molecule has 0 aliphatic heterocycles. The second kappa shape index (κ2) is 16.3. The van der Waals surface area contributed by atoms with Crippen LogP contribution >= 0.6 is 0 Å². The number of benzene rings is 6. The van der Waals surface area contributed by atoms with Crippen LogP contribution in [0.25, 0.3) is 71.4 Å². The lowest BCUT2D eigenvalue weighted by Gasteiger charge is -2.20. The van der Waals surface area contributed by atoms with E-state index in [0.29, 0.717) is 5.69 Å². The Morgan fingerprint density at radius 1 is 0.696 bits per heavy atom. The van der Waals surface area contributed by atoms with Crippen LogP contribution in [0.4, 0.5) is 5.69 Å². The standard InChI is InChI=1S/C50H40N4.C2H6/c51-30-8-7-11-33-22-24-37(25-23-33)41(27-26-36-16-9-15-34-12-1-4-18-39(34)36)43-28-29-44-45(47-31-38-14-3-6-21-46(38)53-47)32-48(54-50(44)49(43)52)42-20-10-17-35-13-2-5-19-40(35)42;1-2/h1-10,12-22,24,27-32,51,53H,11,23,25-26,52H2;1-2H3/b8-7-,41-27-,51-30?;. The Morgan fingerprint density at radius 3 is 2.18 bits per heavy atom. The van der Waals surface area contributed by atoms with Gasteiger partial charge in [-0.25, -0.2) is 4.98 Å². The summed E-state index contributed by atoms with van der Waals surface area (Å²) >= 11 is 0. The van der Waals surface area contributed by atoms with Gasteiger partial charge >= 0.3 is 0 Å². The maximum atomic E-state index is 7.39. The van der Waals surface area contributed by atoms with Crippen molar-refractivity contribution in [2.75, 3.05) is 5.73 Å². The molecule has 0 saturated heterocycles. The fourth-order valence-corrected chi connectivity index (χ4v) is 8.03. The van der Waals surface area contributed by atoms with Crippen LogP contribution in [0.15, 0.2) is 175 Å². The van der Waals surface area contributed by atoms with Gasteiger partial charge in [0.1, 0.15) is 0 Å². The molecule has 6 aromatic carbocycles. The number of nitrogens with two attached hydrogens (primary N) is 1. The number of para-hydroxylation sites is 1. The van der Waals surface area contributed by atoms with Crippen LogP contribution in [0, 0.1) is 5.41 Å². The van der Waals surface area contributed by atoms with Crippen LogP contribution in [0.1, 0.15) is 44.2 Å². The molecular formula is C52H46N4. The first-order valence-corrected chi connectivity index (χ1v) is 19.7. The first-order chi connectivity index (χ1) is 27.6. The van der Waals surface area contributed by atoms with Gasteiger partial charge < -0.3 is 16.1 Å². The van der Waals surface area contributed by atoms with Gasteiger partial charge in [-0.15, -0.1) is 0 Å². The van der Waals surface area contributed by atoms with E-state index < -0.39 is 0 Å². The molecule has 274 valence electrons. The van der Waals surface area contributed by atoms with Crippen LogP contribution in [0.2, 0.25) is 0 Å². The Bertz CT molecular complexity index is 2820. The Hall–Kier alpha value is -6.78. The molecule has 2 aromatic heterocycles. The van der Waals surface area contributed by atoms with Crippen molar-refractivity contribution in [1.82, 2.24) is 9.97 Å². The Morgan fingerprint density at radius 2 is 1.41 bits per heavy atom. The highest BCUT2D eigenvalue weighted by atomic mass is 14.8. The number of nitrogens with zero attached hydrogens (tertiary/aromatic N) is 1. The van der Waals surface area contributed by atoms with Crippen molar-refractivity contribution in [2.24, 2.45) is 0 Å². The van der Waals surface area contributed by atoms with E-state index in [1.54, 1.807) is 6.08 Å². The fraction of sp³-hybridized carbons (Fsp3) is 0.115. The number of aromatic amines is 1. The second-order valence-corrected chi connectivity index (χ2v) is 14.1. The first kappa shape index (κ1) is 36.2. The Labute approximate surface area is 328 Å². The van der Waals surface area contributed by atoms with Crippen LogP contribution in [-0.4, -0.2) is 16.2 Å². The van der Waals surface area contributed by atoms with Gasteiger partial charge in [-0.05, 0) is 88.2 Å². The summed E-state index contributed by atoms with van der Waals surface area (Å²) in [7, 11) is 0. The molecule has 0 fully saturated rings. The molecule has 0 spiro atoms. The third kappa shape index (κ3) is 7.10. The molecule has 4 heteroatoms. The van der Waals surface area contributed by atoms with E-state index in [-0.39, 0.29) is 0 Å². The molecule has 2 heterocycles. The number of nitrogen functional groups attached to an aromatic ring is 1. The van der Waals surface area contributed by atoms with Crippen molar-refractivity contribution >= 4 is 60.8 Å². The number of allylic oxidation sites excluding steroid dienone is 8. The minimum atomic E-state index is 0.681. The lowest BCUT2D eigenvalue weighted by atomic mass is 9.86. The van der Waals surface area contributed by atoms with Gasteiger partial charge in [0.2, 0.25) is 0 Å². The van der Waals surface area contributed by atoms with E-state index in [9.17, 15) is 0 Å². The maximum Gasteiger partial charge on any atom is 0.0951 e. The average Bonchev–Trinajstić information content (AvgIpc) is 3.70. The number of pyridine rings is 1. The zero-order valence-electron chi connectivity index (χ0n) is 32.0. The topological polar surface area (TPSA) is 78.5 Å². The number of H-pyrrole nitrogens is 1. The molecule has 0 amide bonds. The minimum Gasteiger partial charge on any atom is -0.396 e. The van der Waals surface area contributed by atoms with E-state index in [2.05, 4.69) is 163 Å². The Kier molecular flexibility index (Phi) is 10.5. The van der Waals surface area contributed by atoms with Gasteiger partial charge in [0.15, 0.2) is 0 Å². The second-order valence-electron chi connectivity index (χ2n) is 14.1. The monoisotopic (exact) mass is 726 g/mol. The van der Waals surface area contributed by atoms with Gasteiger partial charge in [-0.2, -0.15) is 0 Å². The van der Waals surface area contributed by atoms with Crippen LogP contribution in [-0.2, 0) is 6.42 Å². The van der Waals surface area contributed by atoms with Gasteiger partial charge in [-0.1, -0.05) is 159 Å². The smallest absolute Gasteiger partial charge is 0.0951 e. The van der Waals surface area contributed by atoms with Gasteiger partial charge in [-0.3, -0.25) is 0 Å². The number of fused-ring (bicyclic) bond motifs is 4. The van der Waals surface area contributed by atoms with E-state index in [1.807, 2.05) is 13.8 Å². The minimum absolute atomic E-state index is 0.681. The average molecular weight is 727 g/mol. The zero-order chi connectivity index (χ0) is 38.4. The molecule has 56 heavy (non-hydrogen) atoms. The van der Waals surface area contributed by atoms with Crippen molar-refractivity contribution in [1.29, 1.82) is 5.41 Å². The maximum absolute atomic E-state index is 7.39. The van der Waals surface area contributed by atoms with Crippen molar-refractivity contribution in [2.45, 2.75) is 39.5 Å². The lowest BCUT2D eigenvalue weighted by molar-refractivity contribution is 0.900. The summed E-state index contributed by atoms with van der Waals surface area (Å²) in [5, 5.41) is 14.4. The van der Waals surface area contributed by atoms with Gasteiger partial charge in [0.05, 0.1) is 16.9 Å². The largest absolute Gasteiger partial charge is 0.396 e. The van der Waals surface area contributed by atoms with Crippen molar-refractivity contribution < 1.29 is 0 Å². The third-order valence-corrected chi connectivity index (χ3v) is 10.8. The number of hydrogen-bond acceptors (Lipinski definition) is 3. The molecule has 0 radical (unpaired) electrons. The summed E-state index contributed by atoms with van der Waals surface area (Å²) in [4.78, 5) is 9.10. The molecular weight excluding hydrogens is 681 g/mol. The molecule has 4 nitrogen and oxygen atoms in total. The molecule has 0 bridgehead atoms. The predicted molar refractivity (Wildman–Crippen MR) is 241 cm³/mol. The quantitative estimate of drug-likeness (QED) is 0.102. The highest BCUT2D eigenvalue weighted by Crippen LogP contribution is 2.42. The van der Waals surface area contributed by atoms with Crippen LogP contribution in [0.5, 0.6) is 0 Å². The lowest BCUT2D eigenvalue weighted by Crippen LogP contribution is -2.03. The summed E-state index contributed by atoms with van der Waals surface area (Å²) in [5.74, 6) is 0. The fourth-order valence-electron chi connectivity index (χ4n) is 8.03. The third-order valence-electron chi connectivity index (χ3n) is 10.8. The van der Waals surface area contributed by atoms with Gasteiger partial charge in [0, 0.05) is 44.9 Å². The van der Waals surface area contributed by atoms with Gasteiger partial charge in [0.25, 0.3) is 0 Å². The number of anilines is 1. The summed E-state index contributed by atoms with van der Waals surface area (Å²) in [6, 6.07) is 47.3. The normalized spacial score (nSPS) is 13.2. The number of hydrogen-bond donors (Lipinski definition) is 3. The van der Waals surface area contributed by atoms with Crippen molar-refractivity contribution in [3.05, 3.63) is 186 Å². The predicted octanol–water partition coefficient (Wildman–Crippen LogP) is 13.8. The first-order valence-electron chi connectivity index (χ1n) is 19.7. The zero-order valence-corrected chi connectivity index (χ0v) is 32.0. The summed E-state index contributed by atoms with van der Waals surface area (Å²) in [6.07, 6.45) is 15.6. The SMILES string of the molecule is CC.N=C/C=C\CC1=CC=C(/C(=C/Cc2cccc3ccccc23)c2ccc3c(-c4cc5ccccc5[nH]4)cc(-c4cccc5ccccc45)nc3c2N)CC1. The van der Waals surface area contributed by atoms with E-state index >= 15 is 0 Å².